The van der Waals surface area contributed by atoms with Gasteiger partial charge in [-0.3, -0.25) is 0 Å². The number of carboxylic acid groups (broad SMARTS) is 1. The molecule has 1 saturated carbocycles. The summed E-state index contributed by atoms with van der Waals surface area (Å²) in [5.41, 5.74) is 0.980. The SMILES string of the molecule is O=C(O)c1ccc(NC2CC2)cn1. The maximum atomic E-state index is 10.5. The zero-order chi connectivity index (χ0) is 9.26. The summed E-state index contributed by atoms with van der Waals surface area (Å²) >= 11 is 0. The molecule has 0 aliphatic heterocycles. The van der Waals surface area contributed by atoms with Gasteiger partial charge in [0.1, 0.15) is 5.69 Å². The molecule has 13 heavy (non-hydrogen) atoms. The van der Waals surface area contributed by atoms with Gasteiger partial charge in [-0.1, -0.05) is 0 Å². The van der Waals surface area contributed by atoms with Crippen molar-refractivity contribution in [1.29, 1.82) is 0 Å². The summed E-state index contributed by atoms with van der Waals surface area (Å²) < 4.78 is 0. The van der Waals surface area contributed by atoms with E-state index >= 15 is 0 Å². The van der Waals surface area contributed by atoms with E-state index in [9.17, 15) is 4.79 Å². The molecule has 0 amide bonds. The minimum Gasteiger partial charge on any atom is -0.477 e. The molecule has 0 radical (unpaired) electrons. The van der Waals surface area contributed by atoms with Gasteiger partial charge in [0.2, 0.25) is 0 Å². The Morgan fingerprint density at radius 3 is 2.77 bits per heavy atom. The first-order valence-corrected chi connectivity index (χ1v) is 4.21. The average molecular weight is 178 g/mol. The Kier molecular flexibility index (Phi) is 1.88. The number of pyridine rings is 1. The standard InChI is InChI=1S/C9H10N2O2/c12-9(13)8-4-3-7(5-10-8)11-6-1-2-6/h3-6,11H,1-2H2,(H,12,13). The Bertz CT molecular complexity index is 317. The van der Waals surface area contributed by atoms with Crippen molar-refractivity contribution in [1.82, 2.24) is 4.98 Å². The van der Waals surface area contributed by atoms with Crippen LogP contribution in [0.2, 0.25) is 0 Å². The zero-order valence-corrected chi connectivity index (χ0v) is 7.03. The van der Waals surface area contributed by atoms with Crippen LogP contribution in [0.3, 0.4) is 0 Å². The Morgan fingerprint density at radius 2 is 2.31 bits per heavy atom. The molecule has 1 heterocycles. The molecule has 0 aromatic carbocycles. The van der Waals surface area contributed by atoms with Crippen molar-refractivity contribution < 1.29 is 9.90 Å². The molecule has 1 aromatic rings. The third kappa shape index (κ3) is 1.96. The summed E-state index contributed by atoms with van der Waals surface area (Å²) in [4.78, 5) is 14.3. The molecule has 1 aliphatic carbocycles. The van der Waals surface area contributed by atoms with Gasteiger partial charge in [0.25, 0.3) is 0 Å². The van der Waals surface area contributed by atoms with Crippen LogP contribution in [0, 0.1) is 0 Å². The van der Waals surface area contributed by atoms with Crippen LogP contribution in [0.15, 0.2) is 18.3 Å². The number of carbonyl (C=O) groups is 1. The molecule has 0 unspecified atom stereocenters. The van der Waals surface area contributed by atoms with E-state index in [1.54, 1.807) is 12.3 Å². The van der Waals surface area contributed by atoms with E-state index in [0.29, 0.717) is 6.04 Å². The molecule has 0 bridgehead atoms. The number of rotatable bonds is 3. The van der Waals surface area contributed by atoms with Gasteiger partial charge in [-0.05, 0) is 25.0 Å². The number of anilines is 1. The minimum absolute atomic E-state index is 0.0846. The summed E-state index contributed by atoms with van der Waals surface area (Å²) in [7, 11) is 0. The van der Waals surface area contributed by atoms with Crippen molar-refractivity contribution >= 4 is 11.7 Å². The second kappa shape index (κ2) is 3.05. The summed E-state index contributed by atoms with van der Waals surface area (Å²) in [6.07, 6.45) is 3.95. The van der Waals surface area contributed by atoms with Gasteiger partial charge in [-0.15, -0.1) is 0 Å². The highest BCUT2D eigenvalue weighted by atomic mass is 16.4. The first-order valence-electron chi connectivity index (χ1n) is 4.21. The predicted octanol–water partition coefficient (Wildman–Crippen LogP) is 1.35. The van der Waals surface area contributed by atoms with Gasteiger partial charge >= 0.3 is 5.97 Å². The predicted molar refractivity (Wildman–Crippen MR) is 47.8 cm³/mol. The quantitative estimate of drug-likeness (QED) is 0.733. The third-order valence-electron chi connectivity index (χ3n) is 1.93. The number of hydrogen-bond donors (Lipinski definition) is 2. The Morgan fingerprint density at radius 1 is 1.54 bits per heavy atom. The van der Waals surface area contributed by atoms with Crippen LogP contribution in [0.1, 0.15) is 23.3 Å². The van der Waals surface area contributed by atoms with Gasteiger partial charge in [0, 0.05) is 6.04 Å². The fourth-order valence-corrected chi connectivity index (χ4v) is 1.07. The highest BCUT2D eigenvalue weighted by Gasteiger charge is 2.20. The molecule has 1 fully saturated rings. The van der Waals surface area contributed by atoms with E-state index in [4.69, 9.17) is 5.11 Å². The Labute approximate surface area is 75.6 Å². The molecule has 0 saturated heterocycles. The summed E-state index contributed by atoms with van der Waals surface area (Å²) in [6, 6.07) is 3.82. The van der Waals surface area contributed by atoms with Crippen molar-refractivity contribution in [2.75, 3.05) is 5.32 Å². The average Bonchev–Trinajstić information content (AvgIpc) is 2.89. The number of nitrogens with one attached hydrogen (secondary N) is 1. The van der Waals surface area contributed by atoms with Gasteiger partial charge in [0.05, 0.1) is 11.9 Å². The Balaban J connectivity index is 2.08. The molecule has 4 heteroatoms. The lowest BCUT2D eigenvalue weighted by Gasteiger charge is -2.02. The van der Waals surface area contributed by atoms with Crippen molar-refractivity contribution in [3.05, 3.63) is 24.0 Å². The first kappa shape index (κ1) is 8.04. The van der Waals surface area contributed by atoms with Gasteiger partial charge < -0.3 is 10.4 Å². The highest BCUT2D eigenvalue weighted by Crippen LogP contribution is 2.24. The lowest BCUT2D eigenvalue weighted by molar-refractivity contribution is 0.0690. The maximum Gasteiger partial charge on any atom is 0.354 e. The normalized spacial score (nSPS) is 15.4. The van der Waals surface area contributed by atoms with E-state index in [1.807, 2.05) is 0 Å². The molecule has 68 valence electrons. The second-order valence-corrected chi connectivity index (χ2v) is 3.16. The van der Waals surface area contributed by atoms with Crippen LogP contribution in [0.4, 0.5) is 5.69 Å². The van der Waals surface area contributed by atoms with Crippen LogP contribution in [-0.4, -0.2) is 22.1 Å². The first-order chi connectivity index (χ1) is 6.25. The van der Waals surface area contributed by atoms with Crippen molar-refractivity contribution in [3.8, 4) is 0 Å². The van der Waals surface area contributed by atoms with Crippen molar-refractivity contribution in [2.45, 2.75) is 18.9 Å². The molecule has 0 spiro atoms. The maximum absolute atomic E-state index is 10.5. The van der Waals surface area contributed by atoms with Crippen LogP contribution in [0.5, 0.6) is 0 Å². The van der Waals surface area contributed by atoms with Crippen LogP contribution >= 0.6 is 0 Å². The zero-order valence-electron chi connectivity index (χ0n) is 7.03. The fraction of sp³-hybridized carbons (Fsp3) is 0.333. The van der Waals surface area contributed by atoms with E-state index in [1.165, 1.54) is 18.9 Å². The molecule has 1 aromatic heterocycles. The summed E-state index contributed by atoms with van der Waals surface area (Å²) in [6.45, 7) is 0. The summed E-state index contributed by atoms with van der Waals surface area (Å²) in [5.74, 6) is -0.988. The number of aromatic carboxylic acids is 1. The number of aromatic nitrogens is 1. The molecule has 0 atom stereocenters. The van der Waals surface area contributed by atoms with Crippen molar-refractivity contribution in [3.63, 3.8) is 0 Å². The van der Waals surface area contributed by atoms with Crippen LogP contribution < -0.4 is 5.32 Å². The van der Waals surface area contributed by atoms with Crippen molar-refractivity contribution in [2.24, 2.45) is 0 Å². The van der Waals surface area contributed by atoms with Crippen LogP contribution in [-0.2, 0) is 0 Å². The highest BCUT2D eigenvalue weighted by molar-refractivity contribution is 5.85. The van der Waals surface area contributed by atoms with Gasteiger partial charge in [0.15, 0.2) is 0 Å². The molecule has 2 N–H and O–H groups in total. The summed E-state index contributed by atoms with van der Waals surface area (Å²) in [5, 5.41) is 11.8. The van der Waals surface area contributed by atoms with E-state index < -0.39 is 5.97 Å². The largest absolute Gasteiger partial charge is 0.477 e. The van der Waals surface area contributed by atoms with E-state index in [2.05, 4.69) is 10.3 Å². The lowest BCUT2D eigenvalue weighted by atomic mass is 10.3. The fourth-order valence-electron chi connectivity index (χ4n) is 1.07. The third-order valence-corrected chi connectivity index (χ3v) is 1.93. The monoisotopic (exact) mass is 178 g/mol. The smallest absolute Gasteiger partial charge is 0.354 e. The van der Waals surface area contributed by atoms with E-state index in [-0.39, 0.29) is 5.69 Å². The molecule has 4 nitrogen and oxygen atoms in total. The number of carboxylic acids is 1. The number of hydrogen-bond acceptors (Lipinski definition) is 3. The van der Waals surface area contributed by atoms with Crippen LogP contribution in [0.25, 0.3) is 0 Å². The topological polar surface area (TPSA) is 62.2 Å². The number of nitrogens with zero attached hydrogens (tertiary/aromatic N) is 1. The molecule has 1 aliphatic rings. The second-order valence-electron chi connectivity index (χ2n) is 3.16. The van der Waals surface area contributed by atoms with Gasteiger partial charge in [-0.2, -0.15) is 0 Å². The Hall–Kier alpha value is -1.58. The van der Waals surface area contributed by atoms with Gasteiger partial charge in [-0.25, -0.2) is 9.78 Å². The lowest BCUT2D eigenvalue weighted by Crippen LogP contribution is -2.04. The minimum atomic E-state index is -0.988. The molecular weight excluding hydrogens is 168 g/mol. The molecular formula is C9H10N2O2. The molecule has 2 rings (SSSR count). The van der Waals surface area contributed by atoms with E-state index in [0.717, 1.165) is 5.69 Å².